The van der Waals surface area contributed by atoms with Crippen molar-refractivity contribution in [2.24, 2.45) is 5.92 Å². The van der Waals surface area contributed by atoms with Crippen LogP contribution in [0.4, 0.5) is 0 Å². The highest BCUT2D eigenvalue weighted by atomic mass is 35.5. The van der Waals surface area contributed by atoms with Crippen LogP contribution in [0.15, 0.2) is 23.1 Å². The lowest BCUT2D eigenvalue weighted by atomic mass is 9.98. The Balaban J connectivity index is 0.00000220. The second-order valence-corrected chi connectivity index (χ2v) is 7.59. The molecule has 6 heteroatoms. The third-order valence-corrected chi connectivity index (χ3v) is 6.08. The molecule has 1 fully saturated rings. The number of hydrogen-bond donors (Lipinski definition) is 1. The minimum Gasteiger partial charge on any atom is -0.319 e. The van der Waals surface area contributed by atoms with Crippen LogP contribution >= 0.6 is 12.4 Å². The summed E-state index contributed by atoms with van der Waals surface area (Å²) in [7, 11) is -1.38. The van der Waals surface area contributed by atoms with Crippen molar-refractivity contribution in [3.63, 3.8) is 0 Å². The molecule has 4 nitrogen and oxygen atoms in total. The van der Waals surface area contributed by atoms with Crippen LogP contribution in [-0.4, -0.2) is 39.4 Å². The van der Waals surface area contributed by atoms with Gasteiger partial charge in [0.05, 0.1) is 4.90 Å². The van der Waals surface area contributed by atoms with Crippen molar-refractivity contribution in [2.75, 3.05) is 26.7 Å². The van der Waals surface area contributed by atoms with Crippen LogP contribution in [0, 0.1) is 19.8 Å². The molecule has 1 heterocycles. The van der Waals surface area contributed by atoms with E-state index in [1.807, 2.05) is 27.0 Å². The minimum absolute atomic E-state index is 0. The molecule has 120 valence electrons. The molecule has 0 radical (unpaired) electrons. The molecule has 0 bridgehead atoms. The summed E-state index contributed by atoms with van der Waals surface area (Å²) in [4.78, 5) is 0.424. The van der Waals surface area contributed by atoms with Crippen LogP contribution < -0.4 is 5.32 Å². The Morgan fingerprint density at radius 2 is 1.81 bits per heavy atom. The van der Waals surface area contributed by atoms with Crippen molar-refractivity contribution in [1.82, 2.24) is 9.62 Å². The molecular weight excluding hydrogens is 308 g/mol. The number of halogens is 1. The first-order valence-corrected chi connectivity index (χ1v) is 8.61. The summed E-state index contributed by atoms with van der Waals surface area (Å²) in [6.07, 6.45) is 1.87. The summed E-state index contributed by atoms with van der Waals surface area (Å²) in [5.74, 6) is 0.589. The van der Waals surface area contributed by atoms with E-state index in [4.69, 9.17) is 0 Å². The van der Waals surface area contributed by atoms with Gasteiger partial charge in [-0.2, -0.15) is 4.31 Å². The van der Waals surface area contributed by atoms with Crippen LogP contribution in [-0.2, 0) is 10.0 Å². The van der Waals surface area contributed by atoms with Gasteiger partial charge in [-0.25, -0.2) is 8.42 Å². The van der Waals surface area contributed by atoms with E-state index in [1.54, 1.807) is 16.4 Å². The van der Waals surface area contributed by atoms with Gasteiger partial charge in [0.2, 0.25) is 10.0 Å². The van der Waals surface area contributed by atoms with Gasteiger partial charge in [0.15, 0.2) is 0 Å². The first-order valence-electron chi connectivity index (χ1n) is 7.17. The summed E-state index contributed by atoms with van der Waals surface area (Å²) in [5.41, 5.74) is 2.15. The Morgan fingerprint density at radius 3 is 2.33 bits per heavy atom. The average Bonchev–Trinajstić information content (AvgIpc) is 2.43. The Kier molecular flexibility index (Phi) is 6.66. The second-order valence-electron chi connectivity index (χ2n) is 5.65. The lowest BCUT2D eigenvalue weighted by molar-refractivity contribution is 0.270. The van der Waals surface area contributed by atoms with E-state index in [0.29, 0.717) is 23.9 Å². The predicted molar refractivity (Wildman–Crippen MR) is 88.6 cm³/mol. The van der Waals surface area contributed by atoms with Crippen LogP contribution in [0.3, 0.4) is 0 Å². The van der Waals surface area contributed by atoms with E-state index in [2.05, 4.69) is 5.32 Å². The summed E-state index contributed by atoms with van der Waals surface area (Å²) < 4.78 is 26.9. The number of nitrogens with zero attached hydrogens (tertiary/aromatic N) is 1. The Labute approximate surface area is 134 Å². The van der Waals surface area contributed by atoms with Gasteiger partial charge < -0.3 is 5.32 Å². The van der Waals surface area contributed by atoms with E-state index in [9.17, 15) is 8.42 Å². The van der Waals surface area contributed by atoms with Gasteiger partial charge in [0.1, 0.15) is 0 Å². The zero-order chi connectivity index (χ0) is 14.8. The zero-order valence-electron chi connectivity index (χ0n) is 12.9. The first-order chi connectivity index (χ1) is 9.45. The van der Waals surface area contributed by atoms with Crippen molar-refractivity contribution >= 4 is 22.4 Å². The lowest BCUT2D eigenvalue weighted by Gasteiger charge is -2.31. The largest absolute Gasteiger partial charge is 0.319 e. The summed E-state index contributed by atoms with van der Waals surface area (Å²) in [5, 5.41) is 3.17. The molecule has 0 amide bonds. The molecule has 21 heavy (non-hydrogen) atoms. The summed E-state index contributed by atoms with van der Waals surface area (Å²) in [6, 6.07) is 5.39. The van der Waals surface area contributed by atoms with Gasteiger partial charge in [0, 0.05) is 13.1 Å². The number of rotatable bonds is 4. The Hall–Kier alpha value is -0.620. The molecule has 2 rings (SSSR count). The first kappa shape index (κ1) is 18.4. The number of piperidine rings is 1. The molecule has 1 N–H and O–H groups in total. The number of nitrogens with one attached hydrogen (secondary N) is 1. The van der Waals surface area contributed by atoms with Crippen LogP contribution in [0.2, 0.25) is 0 Å². The third kappa shape index (κ3) is 4.19. The van der Waals surface area contributed by atoms with Crippen molar-refractivity contribution in [3.05, 3.63) is 29.3 Å². The quantitative estimate of drug-likeness (QED) is 0.920. The van der Waals surface area contributed by atoms with E-state index < -0.39 is 10.0 Å². The molecule has 1 saturated heterocycles. The molecule has 0 atom stereocenters. The molecule has 0 aliphatic carbocycles. The normalized spacial score (nSPS) is 17.5. The monoisotopic (exact) mass is 332 g/mol. The van der Waals surface area contributed by atoms with Gasteiger partial charge in [-0.05, 0) is 69.5 Å². The highest BCUT2D eigenvalue weighted by molar-refractivity contribution is 7.89. The fraction of sp³-hybridized carbons (Fsp3) is 0.600. The minimum atomic E-state index is -3.33. The topological polar surface area (TPSA) is 49.4 Å². The number of benzene rings is 1. The third-order valence-electron chi connectivity index (χ3n) is 4.18. The predicted octanol–water partition coefficient (Wildman–Crippen LogP) is 2.35. The van der Waals surface area contributed by atoms with Crippen molar-refractivity contribution < 1.29 is 8.42 Å². The van der Waals surface area contributed by atoms with Gasteiger partial charge in [-0.15, -0.1) is 12.4 Å². The van der Waals surface area contributed by atoms with Crippen LogP contribution in [0.1, 0.15) is 24.0 Å². The van der Waals surface area contributed by atoms with Gasteiger partial charge in [-0.1, -0.05) is 6.07 Å². The molecule has 1 aliphatic rings. The smallest absolute Gasteiger partial charge is 0.243 e. The van der Waals surface area contributed by atoms with Crippen LogP contribution in [0.25, 0.3) is 0 Å². The molecule has 0 unspecified atom stereocenters. The zero-order valence-corrected chi connectivity index (χ0v) is 14.6. The lowest BCUT2D eigenvalue weighted by Crippen LogP contribution is -2.40. The van der Waals surface area contributed by atoms with Crippen molar-refractivity contribution in [1.29, 1.82) is 0 Å². The molecule has 0 spiro atoms. The summed E-state index contributed by atoms with van der Waals surface area (Å²) >= 11 is 0. The molecule has 1 aliphatic heterocycles. The summed E-state index contributed by atoms with van der Waals surface area (Å²) in [6.45, 7) is 6.17. The molecule has 0 saturated carbocycles. The van der Waals surface area contributed by atoms with Crippen molar-refractivity contribution in [3.8, 4) is 0 Å². The molecule has 1 aromatic carbocycles. The van der Waals surface area contributed by atoms with E-state index in [1.165, 1.54) is 0 Å². The molecular formula is C15H25ClN2O2S. The average molecular weight is 333 g/mol. The highest BCUT2D eigenvalue weighted by Crippen LogP contribution is 2.24. The number of hydrogen-bond acceptors (Lipinski definition) is 3. The van der Waals surface area contributed by atoms with Gasteiger partial charge in [0.25, 0.3) is 0 Å². The Bertz CT molecular complexity index is 567. The van der Waals surface area contributed by atoms with E-state index in [-0.39, 0.29) is 12.4 Å². The maximum Gasteiger partial charge on any atom is 0.243 e. The van der Waals surface area contributed by atoms with Crippen molar-refractivity contribution in [2.45, 2.75) is 31.6 Å². The second kappa shape index (κ2) is 7.58. The van der Waals surface area contributed by atoms with E-state index in [0.717, 1.165) is 30.5 Å². The van der Waals surface area contributed by atoms with Gasteiger partial charge >= 0.3 is 0 Å². The highest BCUT2D eigenvalue weighted by Gasteiger charge is 2.29. The maximum absolute atomic E-state index is 12.6. The Morgan fingerprint density at radius 1 is 1.19 bits per heavy atom. The number of aryl methyl sites for hydroxylation is 2. The maximum atomic E-state index is 12.6. The number of sulfonamides is 1. The molecule has 1 aromatic rings. The fourth-order valence-electron chi connectivity index (χ4n) is 2.67. The fourth-order valence-corrected chi connectivity index (χ4v) is 4.22. The van der Waals surface area contributed by atoms with Gasteiger partial charge in [-0.3, -0.25) is 0 Å². The molecule has 0 aromatic heterocycles. The SMILES string of the molecule is CNCC1CCN(S(=O)(=O)c2ccc(C)c(C)c2)CC1.Cl. The standard InChI is InChI=1S/C15H24N2O2S.ClH/c1-12-4-5-15(10-13(12)2)20(18,19)17-8-6-14(7-9-17)11-16-3;/h4-5,10,14,16H,6-9,11H2,1-3H3;1H. The van der Waals surface area contributed by atoms with Crippen LogP contribution in [0.5, 0.6) is 0 Å². The van der Waals surface area contributed by atoms with E-state index >= 15 is 0 Å².